The van der Waals surface area contributed by atoms with E-state index in [1.54, 1.807) is 42.8 Å². The normalized spacial score (nSPS) is 10.2. The lowest BCUT2D eigenvalue weighted by Crippen LogP contribution is -2.13. The van der Waals surface area contributed by atoms with Crippen LogP contribution in [0.1, 0.15) is 29.8 Å². The Morgan fingerprint density at radius 1 is 1.38 bits per heavy atom. The summed E-state index contributed by atoms with van der Waals surface area (Å²) in [6, 6.07) is 8.60. The van der Waals surface area contributed by atoms with E-state index >= 15 is 0 Å². The Hall–Kier alpha value is -3.21. The molecule has 8 nitrogen and oxygen atoms in total. The Morgan fingerprint density at radius 3 is 2.58 bits per heavy atom. The summed E-state index contributed by atoms with van der Waals surface area (Å²) < 4.78 is 1.56. The summed E-state index contributed by atoms with van der Waals surface area (Å²) in [6.07, 6.45) is 0.785. The van der Waals surface area contributed by atoms with Crippen molar-refractivity contribution in [3.8, 4) is 6.07 Å². The summed E-state index contributed by atoms with van der Waals surface area (Å²) in [6.45, 7) is 3.68. The van der Waals surface area contributed by atoms with E-state index < -0.39 is 4.92 Å². The Morgan fingerprint density at radius 2 is 2.04 bits per heavy atom. The van der Waals surface area contributed by atoms with Crippen LogP contribution in [-0.4, -0.2) is 20.6 Å². The summed E-state index contributed by atoms with van der Waals surface area (Å²) >= 11 is 0. The van der Waals surface area contributed by atoms with Gasteiger partial charge in [0.15, 0.2) is 0 Å². The number of nitrogens with one attached hydrogen (secondary N) is 1. The molecule has 0 spiro atoms. The first-order chi connectivity index (χ1) is 11.4. The Balaban J connectivity index is 1.87. The van der Waals surface area contributed by atoms with Crippen LogP contribution in [0.25, 0.3) is 0 Å². The van der Waals surface area contributed by atoms with Crippen LogP contribution in [0.3, 0.4) is 0 Å². The third-order valence-corrected chi connectivity index (χ3v) is 3.60. The molecule has 0 aliphatic rings. The Labute approximate surface area is 138 Å². The van der Waals surface area contributed by atoms with Gasteiger partial charge in [-0.3, -0.25) is 19.6 Å². The Bertz CT molecular complexity index is 802. The standard InChI is InChI=1S/C16H17N5O3/c1-11-16(21(23)24)12(2)20(19-11)9-3-4-15(22)18-14-7-5-13(10-17)6-8-14/h5-8H,3-4,9H2,1-2H3,(H,18,22). The zero-order chi connectivity index (χ0) is 17.7. The van der Waals surface area contributed by atoms with E-state index in [1.165, 1.54) is 0 Å². The molecule has 24 heavy (non-hydrogen) atoms. The number of hydrogen-bond acceptors (Lipinski definition) is 5. The largest absolute Gasteiger partial charge is 0.326 e. The second-order valence-electron chi connectivity index (χ2n) is 5.34. The molecule has 1 aromatic heterocycles. The molecule has 0 saturated carbocycles. The van der Waals surface area contributed by atoms with Gasteiger partial charge in [0.25, 0.3) is 0 Å². The summed E-state index contributed by atoms with van der Waals surface area (Å²) in [4.78, 5) is 22.4. The van der Waals surface area contributed by atoms with Crippen LogP contribution in [0.4, 0.5) is 11.4 Å². The van der Waals surface area contributed by atoms with Crippen LogP contribution in [-0.2, 0) is 11.3 Å². The fourth-order valence-electron chi connectivity index (χ4n) is 2.41. The van der Waals surface area contributed by atoms with Crippen molar-refractivity contribution < 1.29 is 9.72 Å². The average molecular weight is 327 g/mol. The monoisotopic (exact) mass is 327 g/mol. The topological polar surface area (TPSA) is 114 Å². The molecule has 0 aliphatic heterocycles. The van der Waals surface area contributed by atoms with Gasteiger partial charge >= 0.3 is 5.69 Å². The van der Waals surface area contributed by atoms with E-state index in [-0.39, 0.29) is 18.0 Å². The highest BCUT2D eigenvalue weighted by Gasteiger charge is 2.21. The van der Waals surface area contributed by atoms with Crippen molar-refractivity contribution in [3.63, 3.8) is 0 Å². The van der Waals surface area contributed by atoms with Gasteiger partial charge in [0, 0.05) is 18.7 Å². The molecule has 2 aromatic rings. The fourth-order valence-corrected chi connectivity index (χ4v) is 2.41. The van der Waals surface area contributed by atoms with E-state index in [2.05, 4.69) is 10.4 Å². The zero-order valence-electron chi connectivity index (χ0n) is 13.4. The van der Waals surface area contributed by atoms with Crippen molar-refractivity contribution in [1.82, 2.24) is 9.78 Å². The number of rotatable bonds is 6. The van der Waals surface area contributed by atoms with Crippen LogP contribution in [0.2, 0.25) is 0 Å². The highest BCUT2D eigenvalue weighted by molar-refractivity contribution is 5.90. The van der Waals surface area contributed by atoms with Crippen LogP contribution in [0, 0.1) is 35.3 Å². The zero-order valence-corrected chi connectivity index (χ0v) is 13.4. The van der Waals surface area contributed by atoms with E-state index in [9.17, 15) is 14.9 Å². The number of hydrogen-bond donors (Lipinski definition) is 1. The number of nitrogens with zero attached hydrogens (tertiary/aromatic N) is 4. The molecule has 8 heteroatoms. The summed E-state index contributed by atoms with van der Waals surface area (Å²) in [7, 11) is 0. The molecule has 0 unspecified atom stereocenters. The molecule has 0 radical (unpaired) electrons. The van der Waals surface area contributed by atoms with Gasteiger partial charge in [-0.05, 0) is 44.5 Å². The lowest BCUT2D eigenvalue weighted by atomic mass is 10.2. The predicted octanol–water partition coefficient (Wildman–Crippen LogP) is 2.70. The van der Waals surface area contributed by atoms with Crippen LogP contribution >= 0.6 is 0 Å². The number of nitro groups is 1. The number of carbonyl (C=O) groups is 1. The number of nitriles is 1. The van der Waals surface area contributed by atoms with Gasteiger partial charge in [0.2, 0.25) is 5.91 Å². The molecule has 0 atom stereocenters. The van der Waals surface area contributed by atoms with Crippen molar-refractivity contribution >= 4 is 17.3 Å². The number of amides is 1. The fraction of sp³-hybridized carbons (Fsp3) is 0.312. The van der Waals surface area contributed by atoms with Gasteiger partial charge in [0.1, 0.15) is 11.4 Å². The number of anilines is 1. The first kappa shape index (κ1) is 17.1. The minimum Gasteiger partial charge on any atom is -0.326 e. The molecular weight excluding hydrogens is 310 g/mol. The van der Waals surface area contributed by atoms with E-state index in [0.29, 0.717) is 35.6 Å². The molecule has 124 valence electrons. The lowest BCUT2D eigenvalue weighted by Gasteiger charge is -2.06. The van der Waals surface area contributed by atoms with Gasteiger partial charge < -0.3 is 5.32 Å². The molecule has 1 heterocycles. The van der Waals surface area contributed by atoms with Crippen molar-refractivity contribution in [2.45, 2.75) is 33.2 Å². The molecule has 0 bridgehead atoms. The van der Waals surface area contributed by atoms with Crippen molar-refractivity contribution in [2.24, 2.45) is 0 Å². The van der Waals surface area contributed by atoms with Crippen LogP contribution < -0.4 is 5.32 Å². The van der Waals surface area contributed by atoms with E-state index in [0.717, 1.165) is 0 Å². The Kier molecular flexibility index (Phi) is 5.27. The van der Waals surface area contributed by atoms with Crippen molar-refractivity contribution in [2.75, 3.05) is 5.32 Å². The summed E-state index contributed by atoms with van der Waals surface area (Å²) in [5.41, 5.74) is 2.04. The van der Waals surface area contributed by atoms with Gasteiger partial charge in [-0.15, -0.1) is 0 Å². The van der Waals surface area contributed by atoms with E-state index in [1.807, 2.05) is 6.07 Å². The third kappa shape index (κ3) is 3.95. The SMILES string of the molecule is Cc1nn(CCCC(=O)Nc2ccc(C#N)cc2)c(C)c1[N+](=O)[O-]. The number of benzene rings is 1. The molecule has 0 saturated heterocycles. The second kappa shape index (κ2) is 7.37. The number of carbonyl (C=O) groups excluding carboxylic acids is 1. The lowest BCUT2D eigenvalue weighted by molar-refractivity contribution is -0.386. The quantitative estimate of drug-likeness (QED) is 0.647. The molecule has 0 fully saturated rings. The average Bonchev–Trinajstić information content (AvgIpc) is 2.82. The summed E-state index contributed by atoms with van der Waals surface area (Å²) in [5, 5.41) is 26.6. The van der Waals surface area contributed by atoms with Crippen molar-refractivity contribution in [1.29, 1.82) is 5.26 Å². The molecule has 0 aliphatic carbocycles. The minimum atomic E-state index is -0.439. The maximum Gasteiger partial charge on any atom is 0.312 e. The van der Waals surface area contributed by atoms with Crippen molar-refractivity contribution in [3.05, 3.63) is 51.3 Å². The molecular formula is C16H17N5O3. The van der Waals surface area contributed by atoms with Crippen LogP contribution in [0.15, 0.2) is 24.3 Å². The number of aromatic nitrogens is 2. The molecule has 2 rings (SSSR count). The van der Waals surface area contributed by atoms with E-state index in [4.69, 9.17) is 5.26 Å². The van der Waals surface area contributed by atoms with Gasteiger partial charge in [-0.2, -0.15) is 10.4 Å². The number of aryl methyl sites for hydroxylation is 2. The first-order valence-electron chi connectivity index (χ1n) is 7.40. The maximum absolute atomic E-state index is 11.9. The highest BCUT2D eigenvalue weighted by Crippen LogP contribution is 2.22. The predicted molar refractivity (Wildman–Crippen MR) is 87.4 cm³/mol. The molecule has 1 amide bonds. The van der Waals surface area contributed by atoms with Gasteiger partial charge in [-0.1, -0.05) is 0 Å². The first-order valence-corrected chi connectivity index (χ1v) is 7.40. The third-order valence-electron chi connectivity index (χ3n) is 3.60. The smallest absolute Gasteiger partial charge is 0.312 e. The van der Waals surface area contributed by atoms with Crippen LogP contribution in [0.5, 0.6) is 0 Å². The van der Waals surface area contributed by atoms with Gasteiger partial charge in [0.05, 0.1) is 16.6 Å². The summed E-state index contributed by atoms with van der Waals surface area (Å²) in [5.74, 6) is -0.157. The minimum absolute atomic E-state index is 0.0250. The second-order valence-corrected chi connectivity index (χ2v) is 5.34. The van der Waals surface area contributed by atoms with Gasteiger partial charge in [-0.25, -0.2) is 0 Å². The highest BCUT2D eigenvalue weighted by atomic mass is 16.6. The maximum atomic E-state index is 11.9. The molecule has 1 N–H and O–H groups in total. The molecule has 1 aromatic carbocycles.